The van der Waals surface area contributed by atoms with Crippen LogP contribution in [0.2, 0.25) is 5.02 Å². The second-order valence-electron chi connectivity index (χ2n) is 4.55. The van der Waals surface area contributed by atoms with Gasteiger partial charge < -0.3 is 10.2 Å². The molecule has 0 aromatic heterocycles. The fourth-order valence-corrected chi connectivity index (χ4v) is 2.28. The van der Waals surface area contributed by atoms with Crippen molar-refractivity contribution in [3.8, 4) is 0 Å². The molecule has 3 nitrogen and oxygen atoms in total. The normalized spacial score (nSPS) is 19.3. The Morgan fingerprint density at radius 2 is 2.18 bits per heavy atom. The predicted octanol–water partition coefficient (Wildman–Crippen LogP) is 2.02. The number of carbonyl (C=O) groups excluding carboxylic acids is 1. The number of carbonyl (C=O) groups is 1. The zero-order valence-electron chi connectivity index (χ0n) is 9.95. The highest BCUT2D eigenvalue weighted by Crippen LogP contribution is 2.13. The van der Waals surface area contributed by atoms with Gasteiger partial charge in [0.15, 0.2) is 0 Å². The molecule has 1 aromatic rings. The summed E-state index contributed by atoms with van der Waals surface area (Å²) in [6, 6.07) is 7.04. The highest BCUT2D eigenvalue weighted by molar-refractivity contribution is 6.30. The lowest BCUT2D eigenvalue weighted by molar-refractivity contribution is 0.0776. The molecule has 0 aliphatic carbocycles. The molecule has 1 aliphatic rings. The van der Waals surface area contributed by atoms with Gasteiger partial charge in [-0.1, -0.05) is 11.6 Å². The molecule has 0 spiro atoms. The summed E-state index contributed by atoms with van der Waals surface area (Å²) >= 11 is 5.80. The Hall–Kier alpha value is -1.06. The average molecular weight is 253 g/mol. The van der Waals surface area contributed by atoms with Crippen molar-refractivity contribution in [2.75, 3.05) is 26.7 Å². The van der Waals surface area contributed by atoms with E-state index in [0.717, 1.165) is 26.1 Å². The second-order valence-corrected chi connectivity index (χ2v) is 4.99. The maximum Gasteiger partial charge on any atom is 0.253 e. The number of amides is 1. The van der Waals surface area contributed by atoms with Crippen molar-refractivity contribution in [1.82, 2.24) is 10.2 Å². The van der Waals surface area contributed by atoms with Crippen molar-refractivity contribution < 1.29 is 4.79 Å². The van der Waals surface area contributed by atoms with Crippen LogP contribution in [0.1, 0.15) is 16.8 Å². The standard InChI is InChI=1S/C13H17ClN2O/c1-16(9-10-6-7-15-8-10)13(17)11-2-4-12(14)5-3-11/h2-5,10,15H,6-9H2,1H3. The van der Waals surface area contributed by atoms with Crippen molar-refractivity contribution >= 4 is 17.5 Å². The fraction of sp³-hybridized carbons (Fsp3) is 0.462. The van der Waals surface area contributed by atoms with Gasteiger partial charge >= 0.3 is 0 Å². The van der Waals surface area contributed by atoms with E-state index < -0.39 is 0 Å². The number of hydrogen-bond donors (Lipinski definition) is 1. The number of nitrogens with one attached hydrogen (secondary N) is 1. The Morgan fingerprint density at radius 1 is 1.47 bits per heavy atom. The van der Waals surface area contributed by atoms with Crippen LogP contribution in [0.3, 0.4) is 0 Å². The lowest BCUT2D eigenvalue weighted by Gasteiger charge is -2.20. The van der Waals surface area contributed by atoms with Crippen LogP contribution >= 0.6 is 11.6 Å². The zero-order chi connectivity index (χ0) is 12.3. The second kappa shape index (κ2) is 5.52. The van der Waals surface area contributed by atoms with Gasteiger partial charge in [-0.3, -0.25) is 4.79 Å². The molecule has 17 heavy (non-hydrogen) atoms. The van der Waals surface area contributed by atoms with E-state index in [4.69, 9.17) is 11.6 Å². The van der Waals surface area contributed by atoms with Crippen molar-refractivity contribution in [2.24, 2.45) is 5.92 Å². The Balaban J connectivity index is 1.96. The first-order valence-electron chi connectivity index (χ1n) is 5.88. The molecule has 1 atom stereocenters. The van der Waals surface area contributed by atoms with Gasteiger partial charge in [-0.15, -0.1) is 0 Å². The maximum absolute atomic E-state index is 12.1. The first-order valence-corrected chi connectivity index (χ1v) is 6.26. The van der Waals surface area contributed by atoms with Crippen LogP contribution < -0.4 is 5.32 Å². The number of benzene rings is 1. The van der Waals surface area contributed by atoms with E-state index in [9.17, 15) is 4.79 Å². The van der Waals surface area contributed by atoms with Gasteiger partial charge in [-0.2, -0.15) is 0 Å². The van der Waals surface area contributed by atoms with E-state index in [0.29, 0.717) is 16.5 Å². The molecule has 1 aliphatic heterocycles. The van der Waals surface area contributed by atoms with E-state index in [2.05, 4.69) is 5.32 Å². The summed E-state index contributed by atoms with van der Waals surface area (Å²) < 4.78 is 0. The molecular weight excluding hydrogens is 236 g/mol. The molecule has 1 fully saturated rings. The van der Waals surface area contributed by atoms with Gasteiger partial charge in [0.25, 0.3) is 5.91 Å². The summed E-state index contributed by atoms with van der Waals surface area (Å²) in [6.45, 7) is 2.89. The summed E-state index contributed by atoms with van der Waals surface area (Å²) in [5.74, 6) is 0.643. The van der Waals surface area contributed by atoms with Crippen LogP contribution in [-0.4, -0.2) is 37.5 Å². The van der Waals surface area contributed by atoms with E-state index >= 15 is 0 Å². The van der Waals surface area contributed by atoms with Crippen molar-refractivity contribution in [3.05, 3.63) is 34.9 Å². The molecule has 2 rings (SSSR count). The smallest absolute Gasteiger partial charge is 0.253 e. The van der Waals surface area contributed by atoms with Gasteiger partial charge in [0.2, 0.25) is 0 Å². The molecule has 1 aromatic carbocycles. The molecule has 1 unspecified atom stereocenters. The molecule has 1 amide bonds. The van der Waals surface area contributed by atoms with E-state index in [1.807, 2.05) is 7.05 Å². The van der Waals surface area contributed by atoms with Crippen molar-refractivity contribution in [1.29, 1.82) is 0 Å². The first-order chi connectivity index (χ1) is 8.16. The lowest BCUT2D eigenvalue weighted by Crippen LogP contribution is -2.32. The molecule has 0 radical (unpaired) electrons. The van der Waals surface area contributed by atoms with Crippen LogP contribution in [0, 0.1) is 5.92 Å². The minimum Gasteiger partial charge on any atom is -0.341 e. The van der Waals surface area contributed by atoms with Crippen LogP contribution in [0.15, 0.2) is 24.3 Å². The molecule has 1 N–H and O–H groups in total. The van der Waals surface area contributed by atoms with Crippen molar-refractivity contribution in [3.63, 3.8) is 0 Å². The molecule has 1 saturated heterocycles. The average Bonchev–Trinajstić information content (AvgIpc) is 2.82. The van der Waals surface area contributed by atoms with Gasteiger partial charge in [-0.25, -0.2) is 0 Å². The monoisotopic (exact) mass is 252 g/mol. The third-order valence-corrected chi connectivity index (χ3v) is 3.38. The van der Waals surface area contributed by atoms with E-state index in [-0.39, 0.29) is 5.91 Å². The Kier molecular flexibility index (Phi) is 4.02. The van der Waals surface area contributed by atoms with Crippen LogP contribution in [0.25, 0.3) is 0 Å². The van der Waals surface area contributed by atoms with Crippen LogP contribution in [-0.2, 0) is 0 Å². The van der Waals surface area contributed by atoms with Gasteiger partial charge in [0, 0.05) is 24.2 Å². The number of nitrogens with zero attached hydrogens (tertiary/aromatic N) is 1. The quantitative estimate of drug-likeness (QED) is 0.893. The van der Waals surface area contributed by atoms with E-state index in [1.165, 1.54) is 0 Å². The maximum atomic E-state index is 12.1. The SMILES string of the molecule is CN(CC1CCNC1)C(=O)c1ccc(Cl)cc1. The highest BCUT2D eigenvalue weighted by atomic mass is 35.5. The third-order valence-electron chi connectivity index (χ3n) is 3.13. The molecular formula is C13H17ClN2O. The molecule has 0 saturated carbocycles. The molecule has 92 valence electrons. The minimum absolute atomic E-state index is 0.0635. The minimum atomic E-state index is 0.0635. The highest BCUT2D eigenvalue weighted by Gasteiger charge is 2.19. The van der Waals surface area contributed by atoms with Crippen LogP contribution in [0.4, 0.5) is 0 Å². The zero-order valence-corrected chi connectivity index (χ0v) is 10.7. The van der Waals surface area contributed by atoms with Gasteiger partial charge in [0.05, 0.1) is 0 Å². The Morgan fingerprint density at radius 3 is 2.76 bits per heavy atom. The summed E-state index contributed by atoms with van der Waals surface area (Å²) in [7, 11) is 1.86. The third kappa shape index (κ3) is 3.20. The van der Waals surface area contributed by atoms with Crippen molar-refractivity contribution in [2.45, 2.75) is 6.42 Å². The fourth-order valence-electron chi connectivity index (χ4n) is 2.15. The molecule has 4 heteroatoms. The number of hydrogen-bond acceptors (Lipinski definition) is 2. The van der Waals surface area contributed by atoms with Gasteiger partial charge in [-0.05, 0) is 49.7 Å². The number of halogens is 1. The predicted molar refractivity (Wildman–Crippen MR) is 69.4 cm³/mol. The molecule has 1 heterocycles. The van der Waals surface area contributed by atoms with E-state index in [1.54, 1.807) is 29.2 Å². The first kappa shape index (κ1) is 12.4. The summed E-state index contributed by atoms with van der Waals surface area (Å²) in [6.07, 6.45) is 1.15. The van der Waals surface area contributed by atoms with Crippen LogP contribution in [0.5, 0.6) is 0 Å². The Labute approximate surface area is 107 Å². The summed E-state index contributed by atoms with van der Waals surface area (Å²) in [5, 5.41) is 3.97. The largest absolute Gasteiger partial charge is 0.341 e. The van der Waals surface area contributed by atoms with Gasteiger partial charge in [0.1, 0.15) is 0 Å². The summed E-state index contributed by atoms with van der Waals surface area (Å²) in [5.41, 5.74) is 0.697. The lowest BCUT2D eigenvalue weighted by atomic mass is 10.1. The number of rotatable bonds is 3. The molecule has 0 bridgehead atoms. The topological polar surface area (TPSA) is 32.3 Å². The Bertz CT molecular complexity index is 385. The summed E-state index contributed by atoms with van der Waals surface area (Å²) in [4.78, 5) is 13.9.